The molecule has 19 heavy (non-hydrogen) atoms. The number of benzene rings is 1. The van der Waals surface area contributed by atoms with Crippen LogP contribution in [0.2, 0.25) is 0 Å². The summed E-state index contributed by atoms with van der Waals surface area (Å²) in [5.74, 6) is 1.99. The van der Waals surface area contributed by atoms with E-state index >= 15 is 0 Å². The third-order valence-corrected chi connectivity index (χ3v) is 3.53. The van der Waals surface area contributed by atoms with Gasteiger partial charge in [-0.1, -0.05) is 30.8 Å². The lowest BCUT2D eigenvalue weighted by Crippen LogP contribution is -1.81. The first-order chi connectivity index (χ1) is 9.35. The molecule has 0 aliphatic heterocycles. The number of H-pyrrole nitrogens is 1. The number of hydrogen-bond acceptors (Lipinski definition) is 5. The average molecular weight is 274 g/mol. The van der Waals surface area contributed by atoms with E-state index in [1.165, 1.54) is 0 Å². The number of nitrogens with one attached hydrogen (secondary N) is 1. The SMILES string of the molecule is CCCc1nnc(CSc2nc3ccccc3[nH]2)o1. The molecular weight excluding hydrogens is 260 g/mol. The first kappa shape index (κ1) is 12.2. The van der Waals surface area contributed by atoms with Crippen LogP contribution in [0.4, 0.5) is 0 Å². The topological polar surface area (TPSA) is 67.6 Å². The van der Waals surface area contributed by atoms with E-state index in [2.05, 4.69) is 27.1 Å². The van der Waals surface area contributed by atoms with Crippen molar-refractivity contribution >= 4 is 22.8 Å². The Labute approximate surface area is 114 Å². The van der Waals surface area contributed by atoms with Crippen molar-refractivity contribution in [2.24, 2.45) is 0 Å². The lowest BCUT2D eigenvalue weighted by Gasteiger charge is -1.92. The van der Waals surface area contributed by atoms with Crippen LogP contribution in [0.5, 0.6) is 0 Å². The van der Waals surface area contributed by atoms with E-state index in [1.807, 2.05) is 24.3 Å². The molecule has 0 spiro atoms. The summed E-state index contributed by atoms with van der Waals surface area (Å²) in [7, 11) is 0. The fourth-order valence-electron chi connectivity index (χ4n) is 1.79. The van der Waals surface area contributed by atoms with Crippen LogP contribution < -0.4 is 0 Å². The summed E-state index contributed by atoms with van der Waals surface area (Å²) in [6, 6.07) is 7.97. The van der Waals surface area contributed by atoms with Gasteiger partial charge in [0.2, 0.25) is 11.8 Å². The van der Waals surface area contributed by atoms with Crippen LogP contribution in [-0.4, -0.2) is 20.2 Å². The molecule has 0 radical (unpaired) electrons. The first-order valence-electron chi connectivity index (χ1n) is 6.24. The van der Waals surface area contributed by atoms with Crippen LogP contribution in [0.3, 0.4) is 0 Å². The molecule has 2 heterocycles. The summed E-state index contributed by atoms with van der Waals surface area (Å²) < 4.78 is 5.54. The number of aromatic nitrogens is 4. The number of aryl methyl sites for hydroxylation is 1. The van der Waals surface area contributed by atoms with E-state index in [0.29, 0.717) is 17.5 Å². The van der Waals surface area contributed by atoms with Gasteiger partial charge in [-0.2, -0.15) is 0 Å². The fourth-order valence-corrected chi connectivity index (χ4v) is 2.51. The zero-order chi connectivity index (χ0) is 13.1. The Kier molecular flexibility index (Phi) is 3.50. The molecule has 0 fully saturated rings. The van der Waals surface area contributed by atoms with Crippen molar-refractivity contribution in [1.82, 2.24) is 20.2 Å². The van der Waals surface area contributed by atoms with Crippen molar-refractivity contribution in [1.29, 1.82) is 0 Å². The number of aromatic amines is 1. The molecule has 1 aromatic carbocycles. The Bertz CT molecular complexity index is 643. The first-order valence-corrected chi connectivity index (χ1v) is 7.22. The van der Waals surface area contributed by atoms with Crippen molar-refractivity contribution in [3.05, 3.63) is 36.0 Å². The lowest BCUT2D eigenvalue weighted by molar-refractivity contribution is 0.462. The monoisotopic (exact) mass is 274 g/mol. The van der Waals surface area contributed by atoms with Crippen LogP contribution in [0.25, 0.3) is 11.0 Å². The van der Waals surface area contributed by atoms with Gasteiger partial charge in [0, 0.05) is 6.42 Å². The molecule has 2 aromatic heterocycles. The molecule has 0 bridgehead atoms. The van der Waals surface area contributed by atoms with Crippen LogP contribution in [-0.2, 0) is 12.2 Å². The molecule has 0 aliphatic rings. The molecule has 5 nitrogen and oxygen atoms in total. The minimum Gasteiger partial charge on any atom is -0.424 e. The molecule has 98 valence electrons. The second-order valence-corrected chi connectivity index (χ2v) is 5.15. The Balaban J connectivity index is 1.67. The van der Waals surface area contributed by atoms with Gasteiger partial charge in [-0.25, -0.2) is 4.98 Å². The van der Waals surface area contributed by atoms with E-state index in [-0.39, 0.29) is 0 Å². The lowest BCUT2D eigenvalue weighted by atomic mass is 10.3. The van der Waals surface area contributed by atoms with Gasteiger partial charge in [0.15, 0.2) is 5.16 Å². The molecule has 0 unspecified atom stereocenters. The standard InChI is InChI=1S/C13H14N4OS/c1-2-5-11-16-17-12(18-11)8-19-13-14-9-6-3-4-7-10(9)15-13/h3-4,6-7H,2,5,8H2,1H3,(H,14,15). The van der Waals surface area contributed by atoms with Crippen molar-refractivity contribution in [2.75, 3.05) is 0 Å². The van der Waals surface area contributed by atoms with E-state index < -0.39 is 0 Å². The van der Waals surface area contributed by atoms with Gasteiger partial charge >= 0.3 is 0 Å². The van der Waals surface area contributed by atoms with E-state index in [1.54, 1.807) is 11.8 Å². The number of fused-ring (bicyclic) bond motifs is 1. The number of thioether (sulfide) groups is 1. The van der Waals surface area contributed by atoms with Gasteiger partial charge in [0.05, 0.1) is 16.8 Å². The Morgan fingerprint density at radius 2 is 2.05 bits per heavy atom. The van der Waals surface area contributed by atoms with Crippen LogP contribution >= 0.6 is 11.8 Å². The van der Waals surface area contributed by atoms with Crippen molar-refractivity contribution in [3.63, 3.8) is 0 Å². The Morgan fingerprint density at radius 1 is 1.21 bits per heavy atom. The van der Waals surface area contributed by atoms with Crippen molar-refractivity contribution in [2.45, 2.75) is 30.7 Å². The average Bonchev–Trinajstić information content (AvgIpc) is 3.02. The number of nitrogens with zero attached hydrogens (tertiary/aromatic N) is 3. The molecular formula is C13H14N4OS. The maximum atomic E-state index is 5.54. The highest BCUT2D eigenvalue weighted by Crippen LogP contribution is 2.22. The third kappa shape index (κ3) is 2.78. The maximum Gasteiger partial charge on any atom is 0.226 e. The summed E-state index contributed by atoms with van der Waals surface area (Å²) in [6.07, 6.45) is 1.85. The third-order valence-electron chi connectivity index (χ3n) is 2.67. The number of rotatable bonds is 5. The molecule has 1 N–H and O–H groups in total. The Hall–Kier alpha value is -1.82. The quantitative estimate of drug-likeness (QED) is 0.724. The number of imidazole rings is 1. The smallest absolute Gasteiger partial charge is 0.226 e. The predicted molar refractivity (Wildman–Crippen MR) is 73.9 cm³/mol. The molecule has 3 rings (SSSR count). The molecule has 0 saturated heterocycles. The van der Waals surface area contributed by atoms with Crippen molar-refractivity contribution < 1.29 is 4.42 Å². The van der Waals surface area contributed by atoms with Crippen molar-refractivity contribution in [3.8, 4) is 0 Å². The molecule has 0 amide bonds. The summed E-state index contributed by atoms with van der Waals surface area (Å²) >= 11 is 1.57. The van der Waals surface area contributed by atoms with Gasteiger partial charge in [-0.15, -0.1) is 10.2 Å². The van der Waals surface area contributed by atoms with Crippen LogP contribution in [0.1, 0.15) is 25.1 Å². The van der Waals surface area contributed by atoms with Crippen LogP contribution in [0, 0.1) is 0 Å². The summed E-state index contributed by atoms with van der Waals surface area (Å²) in [4.78, 5) is 7.75. The number of hydrogen-bond donors (Lipinski definition) is 1. The molecule has 0 aliphatic carbocycles. The maximum absolute atomic E-state index is 5.54. The summed E-state index contributed by atoms with van der Waals surface area (Å²) in [5, 5.41) is 8.90. The van der Waals surface area contributed by atoms with Gasteiger partial charge in [-0.05, 0) is 18.6 Å². The van der Waals surface area contributed by atoms with E-state index in [4.69, 9.17) is 4.42 Å². The summed E-state index contributed by atoms with van der Waals surface area (Å²) in [6.45, 7) is 2.09. The van der Waals surface area contributed by atoms with E-state index in [0.717, 1.165) is 29.0 Å². The zero-order valence-electron chi connectivity index (χ0n) is 10.6. The zero-order valence-corrected chi connectivity index (χ0v) is 11.4. The number of para-hydroxylation sites is 2. The highest BCUT2D eigenvalue weighted by atomic mass is 32.2. The van der Waals surface area contributed by atoms with Gasteiger partial charge in [0.25, 0.3) is 0 Å². The molecule has 6 heteroatoms. The largest absolute Gasteiger partial charge is 0.424 e. The van der Waals surface area contributed by atoms with Gasteiger partial charge in [0.1, 0.15) is 0 Å². The van der Waals surface area contributed by atoms with Gasteiger partial charge < -0.3 is 9.40 Å². The minimum absolute atomic E-state index is 0.635. The Morgan fingerprint density at radius 3 is 2.89 bits per heavy atom. The summed E-state index contributed by atoms with van der Waals surface area (Å²) in [5.41, 5.74) is 2.02. The molecule has 3 aromatic rings. The van der Waals surface area contributed by atoms with Crippen LogP contribution in [0.15, 0.2) is 33.8 Å². The normalized spacial score (nSPS) is 11.2. The van der Waals surface area contributed by atoms with Gasteiger partial charge in [-0.3, -0.25) is 0 Å². The molecule has 0 atom stereocenters. The predicted octanol–water partition coefficient (Wildman–Crippen LogP) is 3.19. The second kappa shape index (κ2) is 5.44. The van der Waals surface area contributed by atoms with E-state index in [9.17, 15) is 0 Å². The minimum atomic E-state index is 0.635. The highest BCUT2D eigenvalue weighted by molar-refractivity contribution is 7.98. The second-order valence-electron chi connectivity index (χ2n) is 4.19. The highest BCUT2D eigenvalue weighted by Gasteiger charge is 2.08. The molecule has 0 saturated carbocycles. The fraction of sp³-hybridized carbons (Fsp3) is 0.308.